The number of nitro groups is 1. The van der Waals surface area contributed by atoms with E-state index in [1.165, 1.54) is 24.3 Å². The van der Waals surface area contributed by atoms with Gasteiger partial charge in [0, 0.05) is 30.5 Å². The van der Waals surface area contributed by atoms with Crippen molar-refractivity contribution >= 4 is 23.3 Å². The first-order valence-electron chi connectivity index (χ1n) is 6.10. The van der Waals surface area contributed by atoms with Crippen LogP contribution in [0.3, 0.4) is 0 Å². The minimum absolute atomic E-state index is 0.119. The molecule has 104 valence electrons. The van der Waals surface area contributed by atoms with Crippen molar-refractivity contribution in [2.75, 3.05) is 6.54 Å². The van der Waals surface area contributed by atoms with Crippen LogP contribution in [0, 0.1) is 10.1 Å². The Balaban J connectivity index is 2.09. The van der Waals surface area contributed by atoms with Gasteiger partial charge in [0.15, 0.2) is 5.78 Å². The molecule has 0 radical (unpaired) electrons. The Labute approximate surface area is 114 Å². The average molecular weight is 276 g/mol. The number of imide groups is 1. The molecule has 1 saturated heterocycles. The fourth-order valence-corrected chi connectivity index (χ4v) is 1.98. The van der Waals surface area contributed by atoms with E-state index in [4.69, 9.17) is 0 Å². The van der Waals surface area contributed by atoms with Crippen molar-refractivity contribution in [3.63, 3.8) is 0 Å². The van der Waals surface area contributed by atoms with Crippen LogP contribution in [0.15, 0.2) is 24.3 Å². The van der Waals surface area contributed by atoms with Crippen LogP contribution in [0.1, 0.15) is 29.6 Å². The van der Waals surface area contributed by atoms with Crippen LogP contribution in [0.4, 0.5) is 5.69 Å². The zero-order valence-electron chi connectivity index (χ0n) is 10.6. The summed E-state index contributed by atoms with van der Waals surface area (Å²) in [4.78, 5) is 46.0. The average Bonchev–Trinajstić information content (AvgIpc) is 2.43. The Morgan fingerprint density at radius 1 is 1.15 bits per heavy atom. The molecule has 0 aromatic heterocycles. The van der Waals surface area contributed by atoms with Gasteiger partial charge >= 0.3 is 0 Å². The molecular weight excluding hydrogens is 264 g/mol. The number of likely N-dealkylation sites (tertiary alicyclic amines) is 1. The molecule has 0 unspecified atom stereocenters. The molecule has 2 amide bonds. The fraction of sp³-hybridized carbons (Fsp3) is 0.308. The third kappa shape index (κ3) is 2.87. The molecule has 0 aliphatic carbocycles. The Hall–Kier alpha value is -2.57. The van der Waals surface area contributed by atoms with Gasteiger partial charge in [0.25, 0.3) is 5.69 Å². The molecule has 1 fully saturated rings. The van der Waals surface area contributed by atoms with Crippen LogP contribution >= 0.6 is 0 Å². The molecule has 0 N–H and O–H groups in total. The predicted molar refractivity (Wildman–Crippen MR) is 68.0 cm³/mol. The Morgan fingerprint density at radius 3 is 2.20 bits per heavy atom. The minimum atomic E-state index is -0.564. The molecule has 1 heterocycles. The first-order chi connectivity index (χ1) is 9.49. The number of nitrogens with zero attached hydrogens (tertiary/aromatic N) is 2. The summed E-state index contributed by atoms with van der Waals surface area (Å²) in [6, 6.07) is 5.07. The van der Waals surface area contributed by atoms with Crippen molar-refractivity contribution in [1.29, 1.82) is 0 Å². The molecule has 7 heteroatoms. The second kappa shape index (κ2) is 5.60. The molecule has 1 aromatic carbocycles. The Morgan fingerprint density at radius 2 is 1.70 bits per heavy atom. The van der Waals surface area contributed by atoms with Gasteiger partial charge in [-0.2, -0.15) is 0 Å². The normalized spacial score (nSPS) is 15.3. The van der Waals surface area contributed by atoms with Crippen molar-refractivity contribution in [3.05, 3.63) is 39.9 Å². The predicted octanol–water partition coefficient (Wildman–Crippen LogP) is 1.32. The molecule has 7 nitrogen and oxygen atoms in total. The van der Waals surface area contributed by atoms with Gasteiger partial charge in [-0.25, -0.2) is 0 Å². The van der Waals surface area contributed by atoms with Gasteiger partial charge in [-0.1, -0.05) is 0 Å². The number of Topliss-reactive ketones (excluding diaryl/α,β-unsaturated/α-hetero) is 1. The summed E-state index contributed by atoms with van der Waals surface area (Å²) in [5.74, 6) is -1.11. The molecule has 0 spiro atoms. The number of amides is 2. The van der Waals surface area contributed by atoms with Crippen LogP contribution in [-0.2, 0) is 9.59 Å². The first-order valence-corrected chi connectivity index (χ1v) is 6.10. The molecular formula is C13H12N2O5. The number of rotatable bonds is 4. The number of benzene rings is 1. The third-order valence-corrected chi connectivity index (χ3v) is 3.09. The summed E-state index contributed by atoms with van der Waals surface area (Å²) in [7, 11) is 0. The number of piperidine rings is 1. The van der Waals surface area contributed by atoms with E-state index in [2.05, 4.69) is 0 Å². The number of hydrogen-bond acceptors (Lipinski definition) is 5. The second-order valence-corrected chi connectivity index (χ2v) is 4.45. The van der Waals surface area contributed by atoms with Crippen molar-refractivity contribution in [2.24, 2.45) is 0 Å². The van der Waals surface area contributed by atoms with E-state index in [-0.39, 0.29) is 42.5 Å². The molecule has 1 aliphatic rings. The quantitative estimate of drug-likeness (QED) is 0.357. The van der Waals surface area contributed by atoms with E-state index in [0.717, 1.165) is 4.90 Å². The van der Waals surface area contributed by atoms with Crippen LogP contribution < -0.4 is 0 Å². The minimum Gasteiger partial charge on any atom is -0.292 e. The van der Waals surface area contributed by atoms with E-state index in [1.807, 2.05) is 0 Å². The summed E-state index contributed by atoms with van der Waals surface area (Å²) < 4.78 is 0. The number of hydrogen-bond donors (Lipinski definition) is 0. The number of nitro benzene ring substituents is 1. The highest BCUT2D eigenvalue weighted by atomic mass is 16.6. The fourth-order valence-electron chi connectivity index (χ4n) is 1.98. The van der Waals surface area contributed by atoms with Gasteiger partial charge in [0.1, 0.15) is 0 Å². The third-order valence-electron chi connectivity index (χ3n) is 3.09. The van der Waals surface area contributed by atoms with Crippen LogP contribution in [0.25, 0.3) is 0 Å². The molecule has 0 bridgehead atoms. The van der Waals surface area contributed by atoms with Gasteiger partial charge in [0.2, 0.25) is 11.8 Å². The van der Waals surface area contributed by atoms with E-state index in [9.17, 15) is 24.5 Å². The number of carbonyl (C=O) groups is 3. The topological polar surface area (TPSA) is 97.6 Å². The molecule has 20 heavy (non-hydrogen) atoms. The maximum Gasteiger partial charge on any atom is 0.269 e. The number of carbonyl (C=O) groups excluding carboxylic acids is 3. The lowest BCUT2D eigenvalue weighted by molar-refractivity contribution is -0.384. The lowest BCUT2D eigenvalue weighted by Crippen LogP contribution is -2.43. The maximum absolute atomic E-state index is 12.0. The van der Waals surface area contributed by atoms with Gasteiger partial charge in [-0.05, 0) is 18.6 Å². The SMILES string of the molecule is O=C(CN1C(=O)CCCC1=O)c1ccc([N+](=O)[O-])cc1. The van der Waals surface area contributed by atoms with Gasteiger partial charge in [0.05, 0.1) is 11.5 Å². The van der Waals surface area contributed by atoms with E-state index in [1.54, 1.807) is 0 Å². The van der Waals surface area contributed by atoms with Crippen molar-refractivity contribution in [1.82, 2.24) is 4.90 Å². The maximum atomic E-state index is 12.0. The molecule has 0 saturated carbocycles. The second-order valence-electron chi connectivity index (χ2n) is 4.45. The summed E-state index contributed by atoms with van der Waals surface area (Å²) in [6.07, 6.45) is 1.04. The van der Waals surface area contributed by atoms with Crippen LogP contribution in [0.5, 0.6) is 0 Å². The van der Waals surface area contributed by atoms with E-state index < -0.39 is 10.7 Å². The summed E-state index contributed by atoms with van der Waals surface area (Å²) in [5, 5.41) is 10.5. The lowest BCUT2D eigenvalue weighted by atomic mass is 10.1. The Kier molecular flexibility index (Phi) is 3.88. The molecule has 2 rings (SSSR count). The molecule has 1 aromatic rings. The zero-order valence-corrected chi connectivity index (χ0v) is 10.6. The summed E-state index contributed by atoms with van der Waals surface area (Å²) >= 11 is 0. The van der Waals surface area contributed by atoms with Crippen LogP contribution in [0.2, 0.25) is 0 Å². The zero-order chi connectivity index (χ0) is 14.7. The van der Waals surface area contributed by atoms with E-state index in [0.29, 0.717) is 6.42 Å². The lowest BCUT2D eigenvalue weighted by Gasteiger charge is -2.23. The summed E-state index contributed by atoms with van der Waals surface area (Å²) in [6.45, 7) is -0.310. The smallest absolute Gasteiger partial charge is 0.269 e. The van der Waals surface area contributed by atoms with E-state index >= 15 is 0 Å². The summed E-state index contributed by atoms with van der Waals surface area (Å²) in [5.41, 5.74) is 0.119. The Bertz CT molecular complexity index is 563. The van der Waals surface area contributed by atoms with Crippen molar-refractivity contribution in [2.45, 2.75) is 19.3 Å². The molecule has 1 aliphatic heterocycles. The molecule has 0 atom stereocenters. The van der Waals surface area contributed by atoms with Crippen molar-refractivity contribution < 1.29 is 19.3 Å². The highest BCUT2D eigenvalue weighted by Gasteiger charge is 2.28. The highest BCUT2D eigenvalue weighted by Crippen LogP contribution is 2.15. The highest BCUT2D eigenvalue weighted by molar-refractivity contribution is 6.05. The van der Waals surface area contributed by atoms with Crippen molar-refractivity contribution in [3.8, 4) is 0 Å². The van der Waals surface area contributed by atoms with Crippen LogP contribution in [-0.4, -0.2) is 34.0 Å². The largest absolute Gasteiger partial charge is 0.292 e. The monoisotopic (exact) mass is 276 g/mol. The first kappa shape index (κ1) is 13.9. The standard InChI is InChI=1S/C13H12N2O5/c16-11(8-14-12(17)2-1-3-13(14)18)9-4-6-10(7-5-9)15(19)20/h4-7H,1-3,8H2. The van der Waals surface area contributed by atoms with Gasteiger partial charge in [-0.3, -0.25) is 29.4 Å². The van der Waals surface area contributed by atoms with Gasteiger partial charge < -0.3 is 0 Å². The van der Waals surface area contributed by atoms with Gasteiger partial charge in [-0.15, -0.1) is 0 Å². The number of ketones is 1. The number of non-ortho nitro benzene ring substituents is 1.